The number of carbonyl (C=O) groups excluding carboxylic acids is 1. The molecule has 132 valence electrons. The Bertz CT molecular complexity index is 789. The van der Waals surface area contributed by atoms with Crippen LogP contribution in [0.1, 0.15) is 35.9 Å². The van der Waals surface area contributed by atoms with Gasteiger partial charge in [0, 0.05) is 18.8 Å². The number of nitrogens with one attached hydrogen (secondary N) is 1. The number of hydrogen-bond donors (Lipinski definition) is 1. The number of aromatic nitrogens is 2. The molecule has 1 N–H and O–H groups in total. The number of aryl methyl sites for hydroxylation is 1. The molecule has 0 atom stereocenters. The van der Waals surface area contributed by atoms with Gasteiger partial charge in [-0.15, -0.1) is 0 Å². The summed E-state index contributed by atoms with van der Waals surface area (Å²) in [6, 6.07) is 6.99. The fraction of sp³-hybridized carbons (Fsp3) is 0.389. The van der Waals surface area contributed by atoms with Crippen LogP contribution < -0.4 is 5.32 Å². The Morgan fingerprint density at radius 1 is 1.24 bits per heavy atom. The maximum absolute atomic E-state index is 12.7. The molecule has 5 nitrogen and oxygen atoms in total. The number of amides is 1. The Kier molecular flexibility index (Phi) is 5.45. The lowest BCUT2D eigenvalue weighted by atomic mass is 9.99. The molecule has 2 heterocycles. The van der Waals surface area contributed by atoms with Gasteiger partial charge in [-0.25, -0.2) is 9.97 Å². The fourth-order valence-electron chi connectivity index (χ4n) is 2.83. The third-order valence-corrected chi connectivity index (χ3v) is 5.16. The van der Waals surface area contributed by atoms with E-state index in [1.165, 1.54) is 0 Å². The van der Waals surface area contributed by atoms with Crippen molar-refractivity contribution in [3.05, 3.63) is 45.7 Å². The molecule has 0 aliphatic carbocycles. The first-order valence-electron chi connectivity index (χ1n) is 8.30. The van der Waals surface area contributed by atoms with E-state index in [0.29, 0.717) is 39.0 Å². The summed E-state index contributed by atoms with van der Waals surface area (Å²) < 4.78 is 0. The predicted molar refractivity (Wildman–Crippen MR) is 101 cm³/mol. The van der Waals surface area contributed by atoms with E-state index in [2.05, 4.69) is 22.2 Å². The summed E-state index contributed by atoms with van der Waals surface area (Å²) in [5.74, 6) is 0.939. The molecule has 0 radical (unpaired) electrons. The van der Waals surface area contributed by atoms with Crippen molar-refractivity contribution in [2.24, 2.45) is 5.92 Å². The smallest absolute Gasteiger partial charge is 0.272 e. The predicted octanol–water partition coefficient (Wildman–Crippen LogP) is 4.71. The Labute approximate surface area is 157 Å². The van der Waals surface area contributed by atoms with Crippen LogP contribution in [0.5, 0.6) is 0 Å². The molecular weight excluding hydrogens is 359 g/mol. The first-order chi connectivity index (χ1) is 11.9. The van der Waals surface area contributed by atoms with Gasteiger partial charge >= 0.3 is 0 Å². The number of benzene rings is 1. The molecule has 0 saturated carbocycles. The van der Waals surface area contributed by atoms with E-state index in [1.54, 1.807) is 24.3 Å². The summed E-state index contributed by atoms with van der Waals surface area (Å²) in [5.41, 5.74) is 1.71. The third-order valence-electron chi connectivity index (χ3n) is 4.34. The molecule has 1 aromatic heterocycles. The van der Waals surface area contributed by atoms with E-state index >= 15 is 0 Å². The summed E-state index contributed by atoms with van der Waals surface area (Å²) in [5, 5.41) is 3.89. The molecule has 1 saturated heterocycles. The van der Waals surface area contributed by atoms with Gasteiger partial charge in [0.25, 0.3) is 5.91 Å². The minimum atomic E-state index is -0.0577. The minimum absolute atomic E-state index is 0.0577. The number of rotatable bonds is 3. The molecule has 2 aromatic rings. The lowest BCUT2D eigenvalue weighted by Crippen LogP contribution is -2.38. The second kappa shape index (κ2) is 7.58. The van der Waals surface area contributed by atoms with Gasteiger partial charge in [0.05, 0.1) is 15.7 Å². The lowest BCUT2D eigenvalue weighted by molar-refractivity contribution is 0.0691. The normalized spacial score (nSPS) is 15.3. The molecule has 0 bridgehead atoms. The highest BCUT2D eigenvalue weighted by molar-refractivity contribution is 6.43. The number of nitrogens with zero attached hydrogens (tertiary/aromatic N) is 3. The maximum Gasteiger partial charge on any atom is 0.272 e. The van der Waals surface area contributed by atoms with E-state index in [4.69, 9.17) is 23.2 Å². The van der Waals surface area contributed by atoms with Gasteiger partial charge in [0.15, 0.2) is 0 Å². The zero-order valence-electron chi connectivity index (χ0n) is 14.2. The average Bonchev–Trinajstić information content (AvgIpc) is 2.58. The highest BCUT2D eigenvalue weighted by Crippen LogP contribution is 2.31. The first-order valence-corrected chi connectivity index (χ1v) is 9.05. The summed E-state index contributed by atoms with van der Waals surface area (Å²) >= 11 is 12.2. The van der Waals surface area contributed by atoms with Crippen LogP contribution in [0.3, 0.4) is 0 Å². The average molecular weight is 379 g/mol. The van der Waals surface area contributed by atoms with Crippen LogP contribution in [0.15, 0.2) is 24.3 Å². The van der Waals surface area contributed by atoms with Crippen molar-refractivity contribution in [2.75, 3.05) is 18.4 Å². The van der Waals surface area contributed by atoms with Gasteiger partial charge < -0.3 is 10.2 Å². The van der Waals surface area contributed by atoms with E-state index in [1.807, 2.05) is 11.8 Å². The maximum atomic E-state index is 12.7. The molecule has 25 heavy (non-hydrogen) atoms. The number of halogens is 2. The van der Waals surface area contributed by atoms with Crippen molar-refractivity contribution < 1.29 is 4.79 Å². The molecule has 0 spiro atoms. The van der Waals surface area contributed by atoms with E-state index in [0.717, 1.165) is 25.9 Å². The van der Waals surface area contributed by atoms with Gasteiger partial charge in [-0.1, -0.05) is 36.2 Å². The fourth-order valence-corrected chi connectivity index (χ4v) is 3.18. The molecule has 1 amide bonds. The van der Waals surface area contributed by atoms with Crippen molar-refractivity contribution in [1.82, 2.24) is 14.9 Å². The van der Waals surface area contributed by atoms with Crippen LogP contribution in [0.4, 0.5) is 11.6 Å². The second-order valence-electron chi connectivity index (χ2n) is 6.42. The number of carbonyl (C=O) groups is 1. The zero-order valence-corrected chi connectivity index (χ0v) is 15.7. The van der Waals surface area contributed by atoms with Gasteiger partial charge in [0.2, 0.25) is 5.95 Å². The lowest BCUT2D eigenvalue weighted by Gasteiger charge is -2.30. The molecular formula is C18H20Cl2N4O. The Hall–Kier alpha value is -1.85. The number of hydrogen-bond acceptors (Lipinski definition) is 4. The number of likely N-dealkylation sites (tertiary alicyclic amines) is 1. The van der Waals surface area contributed by atoms with E-state index < -0.39 is 0 Å². The molecule has 0 unspecified atom stereocenters. The number of anilines is 2. The van der Waals surface area contributed by atoms with Crippen LogP contribution in [0.2, 0.25) is 10.0 Å². The largest absolute Gasteiger partial charge is 0.337 e. The van der Waals surface area contributed by atoms with Crippen molar-refractivity contribution in [3.8, 4) is 0 Å². The topological polar surface area (TPSA) is 58.1 Å². The monoisotopic (exact) mass is 378 g/mol. The van der Waals surface area contributed by atoms with Crippen LogP contribution in [-0.2, 0) is 0 Å². The minimum Gasteiger partial charge on any atom is -0.337 e. The Morgan fingerprint density at radius 2 is 1.96 bits per heavy atom. The van der Waals surface area contributed by atoms with Crippen molar-refractivity contribution in [2.45, 2.75) is 26.7 Å². The van der Waals surface area contributed by atoms with Gasteiger partial charge in [0.1, 0.15) is 5.69 Å². The van der Waals surface area contributed by atoms with E-state index in [-0.39, 0.29) is 5.91 Å². The molecule has 1 fully saturated rings. The first kappa shape index (κ1) is 18.0. The highest BCUT2D eigenvalue weighted by atomic mass is 35.5. The Balaban J connectivity index is 1.83. The Morgan fingerprint density at radius 3 is 2.68 bits per heavy atom. The van der Waals surface area contributed by atoms with Crippen molar-refractivity contribution in [1.29, 1.82) is 0 Å². The summed E-state index contributed by atoms with van der Waals surface area (Å²) in [6.45, 7) is 5.59. The summed E-state index contributed by atoms with van der Waals surface area (Å²) in [7, 11) is 0. The van der Waals surface area contributed by atoms with Crippen LogP contribution in [-0.4, -0.2) is 33.9 Å². The quantitative estimate of drug-likeness (QED) is 0.839. The van der Waals surface area contributed by atoms with Gasteiger partial charge in [-0.2, -0.15) is 0 Å². The molecule has 1 aromatic carbocycles. The van der Waals surface area contributed by atoms with Crippen molar-refractivity contribution >= 4 is 40.7 Å². The summed E-state index contributed by atoms with van der Waals surface area (Å²) in [4.78, 5) is 23.3. The molecule has 3 rings (SSSR count). The van der Waals surface area contributed by atoms with Gasteiger partial charge in [-0.05, 0) is 43.9 Å². The molecule has 1 aliphatic rings. The highest BCUT2D eigenvalue weighted by Gasteiger charge is 2.23. The summed E-state index contributed by atoms with van der Waals surface area (Å²) in [6.07, 6.45) is 2.05. The van der Waals surface area contributed by atoms with Gasteiger partial charge in [-0.3, -0.25) is 4.79 Å². The van der Waals surface area contributed by atoms with Crippen LogP contribution >= 0.6 is 23.2 Å². The second-order valence-corrected chi connectivity index (χ2v) is 7.20. The standard InChI is InChI=1S/C18H20Cl2N4O/c1-11-6-8-24(9-7-11)17(25)15-10-12(2)21-18(23-15)22-14-5-3-4-13(19)16(14)20/h3-5,10-11H,6-9H2,1-2H3,(H,21,22,23). The third kappa shape index (κ3) is 4.22. The van der Waals surface area contributed by atoms with Crippen molar-refractivity contribution in [3.63, 3.8) is 0 Å². The SMILES string of the molecule is Cc1cc(C(=O)N2CCC(C)CC2)nc(Nc2cccc(Cl)c2Cl)n1. The molecule has 7 heteroatoms. The number of piperidine rings is 1. The zero-order chi connectivity index (χ0) is 18.0. The van der Waals surface area contributed by atoms with Crippen LogP contribution in [0, 0.1) is 12.8 Å². The van der Waals surface area contributed by atoms with E-state index in [9.17, 15) is 4.79 Å². The van der Waals surface area contributed by atoms with Crippen LogP contribution in [0.25, 0.3) is 0 Å². The molecule has 1 aliphatic heterocycles.